The maximum absolute atomic E-state index is 12.8. The normalized spacial score (nSPS) is 37.2. The van der Waals surface area contributed by atoms with E-state index in [0.717, 1.165) is 19.3 Å². The molecule has 2 bridgehead atoms. The van der Waals surface area contributed by atoms with Crippen molar-refractivity contribution in [2.24, 2.45) is 17.3 Å². The van der Waals surface area contributed by atoms with Crippen molar-refractivity contribution in [2.75, 3.05) is 6.67 Å². The van der Waals surface area contributed by atoms with Gasteiger partial charge in [-0.2, -0.15) is 13.2 Å². The van der Waals surface area contributed by atoms with Crippen LogP contribution in [0.4, 0.5) is 17.6 Å². The number of fused-ring (bicyclic) bond motifs is 2. The summed E-state index contributed by atoms with van der Waals surface area (Å²) in [5.74, 6) is -0.957. The summed E-state index contributed by atoms with van der Waals surface area (Å²) in [7, 11) is 0. The van der Waals surface area contributed by atoms with Crippen LogP contribution in [0, 0.1) is 17.3 Å². The molecule has 0 heterocycles. The third kappa shape index (κ3) is 2.23. The standard InChI is InChI=1S/C13H18F4O2/c1-11(7-14,13(15,16)17)10(18)19-12(2)6-8-3-4-9(12)5-8/h8-9H,3-7H2,1-2H3. The Bertz CT molecular complexity index is 381. The van der Waals surface area contributed by atoms with Gasteiger partial charge in [-0.15, -0.1) is 0 Å². The monoisotopic (exact) mass is 282 g/mol. The Morgan fingerprint density at radius 1 is 1.37 bits per heavy atom. The van der Waals surface area contributed by atoms with Crippen molar-refractivity contribution in [3.8, 4) is 0 Å². The molecule has 0 N–H and O–H groups in total. The summed E-state index contributed by atoms with van der Waals surface area (Å²) in [5.41, 5.74) is -3.92. The first kappa shape index (κ1) is 14.6. The third-order valence-electron chi connectivity index (χ3n) is 4.77. The second-order valence-electron chi connectivity index (χ2n) is 6.25. The van der Waals surface area contributed by atoms with Gasteiger partial charge in [-0.1, -0.05) is 0 Å². The van der Waals surface area contributed by atoms with Crippen LogP contribution in [-0.2, 0) is 9.53 Å². The molecule has 0 aliphatic heterocycles. The van der Waals surface area contributed by atoms with Crippen LogP contribution in [-0.4, -0.2) is 24.4 Å². The van der Waals surface area contributed by atoms with E-state index in [9.17, 15) is 22.4 Å². The van der Waals surface area contributed by atoms with Gasteiger partial charge in [-0.05, 0) is 51.4 Å². The van der Waals surface area contributed by atoms with Crippen molar-refractivity contribution in [3.63, 3.8) is 0 Å². The Balaban J connectivity index is 2.13. The molecule has 4 unspecified atom stereocenters. The van der Waals surface area contributed by atoms with Crippen molar-refractivity contribution >= 4 is 5.97 Å². The lowest BCUT2D eigenvalue weighted by Gasteiger charge is -2.37. The second kappa shape index (κ2) is 4.35. The Kier molecular flexibility index (Phi) is 3.34. The number of carbonyl (C=O) groups is 1. The number of rotatable bonds is 3. The molecule has 2 aliphatic rings. The van der Waals surface area contributed by atoms with E-state index in [1.54, 1.807) is 6.92 Å². The van der Waals surface area contributed by atoms with Crippen LogP contribution in [0.2, 0.25) is 0 Å². The Labute approximate surface area is 109 Å². The van der Waals surface area contributed by atoms with Crippen molar-refractivity contribution in [1.82, 2.24) is 0 Å². The van der Waals surface area contributed by atoms with Gasteiger partial charge >= 0.3 is 12.1 Å². The molecule has 0 saturated heterocycles. The fourth-order valence-corrected chi connectivity index (χ4v) is 3.25. The van der Waals surface area contributed by atoms with Gasteiger partial charge in [0, 0.05) is 0 Å². The van der Waals surface area contributed by atoms with Gasteiger partial charge in [0.15, 0.2) is 5.41 Å². The summed E-state index contributed by atoms with van der Waals surface area (Å²) >= 11 is 0. The molecule has 2 fully saturated rings. The predicted molar refractivity (Wildman–Crippen MR) is 60.1 cm³/mol. The molecular weight excluding hydrogens is 264 g/mol. The van der Waals surface area contributed by atoms with Gasteiger partial charge in [-0.25, -0.2) is 4.39 Å². The summed E-state index contributed by atoms with van der Waals surface area (Å²) in [6.07, 6.45) is -1.55. The number of hydrogen-bond donors (Lipinski definition) is 0. The molecule has 2 saturated carbocycles. The number of esters is 1. The molecule has 6 heteroatoms. The van der Waals surface area contributed by atoms with Gasteiger partial charge in [0.2, 0.25) is 0 Å². The smallest absolute Gasteiger partial charge is 0.407 e. The van der Waals surface area contributed by atoms with Crippen LogP contribution in [0.3, 0.4) is 0 Å². The van der Waals surface area contributed by atoms with E-state index in [-0.39, 0.29) is 5.92 Å². The van der Waals surface area contributed by atoms with Crippen LogP contribution in [0.15, 0.2) is 0 Å². The molecule has 0 spiro atoms. The predicted octanol–water partition coefficient (Wildman–Crippen LogP) is 3.65. The van der Waals surface area contributed by atoms with E-state index in [4.69, 9.17) is 4.74 Å². The maximum atomic E-state index is 12.8. The van der Waals surface area contributed by atoms with Gasteiger partial charge in [0.25, 0.3) is 0 Å². The summed E-state index contributed by atoms with van der Waals surface area (Å²) in [6, 6.07) is 0. The number of halogens is 4. The first-order valence-corrected chi connectivity index (χ1v) is 6.48. The number of alkyl halides is 4. The van der Waals surface area contributed by atoms with Crippen molar-refractivity contribution in [1.29, 1.82) is 0 Å². The average Bonchev–Trinajstić information content (AvgIpc) is 2.85. The SMILES string of the molecule is CC1(OC(=O)C(C)(CF)C(F)(F)F)CC2CCC1C2. The minimum absolute atomic E-state index is 0.110. The molecule has 0 aromatic carbocycles. The lowest BCUT2D eigenvalue weighted by atomic mass is 9.84. The lowest BCUT2D eigenvalue weighted by molar-refractivity contribution is -0.241. The third-order valence-corrected chi connectivity index (χ3v) is 4.77. The summed E-state index contributed by atoms with van der Waals surface area (Å²) in [6.45, 7) is 0.440. The minimum Gasteiger partial charge on any atom is -0.458 e. The maximum Gasteiger partial charge on any atom is 0.407 e. The lowest BCUT2D eigenvalue weighted by Crippen LogP contribution is -2.49. The summed E-state index contributed by atoms with van der Waals surface area (Å²) in [4.78, 5) is 11.8. The van der Waals surface area contributed by atoms with Gasteiger partial charge < -0.3 is 4.74 Å². The van der Waals surface area contributed by atoms with Crippen LogP contribution in [0.25, 0.3) is 0 Å². The highest BCUT2D eigenvalue weighted by Gasteiger charge is 2.61. The molecular formula is C13H18F4O2. The Hall–Kier alpha value is -0.810. The summed E-state index contributed by atoms with van der Waals surface area (Å²) < 4.78 is 56.3. The highest BCUT2D eigenvalue weighted by atomic mass is 19.4. The molecule has 19 heavy (non-hydrogen) atoms. The zero-order valence-electron chi connectivity index (χ0n) is 11.0. The largest absolute Gasteiger partial charge is 0.458 e. The zero-order chi connectivity index (χ0) is 14.5. The molecule has 4 atom stereocenters. The fourth-order valence-electron chi connectivity index (χ4n) is 3.25. The van der Waals surface area contributed by atoms with E-state index in [2.05, 4.69) is 0 Å². The van der Waals surface area contributed by atoms with Crippen molar-refractivity contribution in [3.05, 3.63) is 0 Å². The van der Waals surface area contributed by atoms with Crippen LogP contribution >= 0.6 is 0 Å². The molecule has 2 aliphatic carbocycles. The molecule has 110 valence electrons. The van der Waals surface area contributed by atoms with Gasteiger partial charge in [0.05, 0.1) is 0 Å². The van der Waals surface area contributed by atoms with E-state index < -0.39 is 29.8 Å². The van der Waals surface area contributed by atoms with Gasteiger partial charge in [-0.3, -0.25) is 4.79 Å². The number of carbonyl (C=O) groups excluding carboxylic acids is 1. The Morgan fingerprint density at radius 3 is 2.37 bits per heavy atom. The molecule has 0 aromatic rings. The van der Waals surface area contributed by atoms with Crippen LogP contribution in [0.1, 0.15) is 39.5 Å². The highest BCUT2D eigenvalue weighted by molar-refractivity contribution is 5.78. The van der Waals surface area contributed by atoms with Crippen LogP contribution < -0.4 is 0 Å². The second-order valence-corrected chi connectivity index (χ2v) is 6.25. The first-order valence-electron chi connectivity index (χ1n) is 6.48. The average molecular weight is 282 g/mol. The van der Waals surface area contributed by atoms with E-state index in [1.807, 2.05) is 0 Å². The molecule has 0 amide bonds. The molecule has 0 radical (unpaired) electrons. The topological polar surface area (TPSA) is 26.3 Å². The molecule has 2 nitrogen and oxygen atoms in total. The zero-order valence-corrected chi connectivity index (χ0v) is 11.0. The summed E-state index contributed by atoms with van der Waals surface area (Å²) in [5, 5.41) is 0. The van der Waals surface area contributed by atoms with Gasteiger partial charge in [0.1, 0.15) is 12.3 Å². The fraction of sp³-hybridized carbons (Fsp3) is 0.923. The van der Waals surface area contributed by atoms with Crippen molar-refractivity contribution < 1.29 is 27.1 Å². The first-order chi connectivity index (χ1) is 8.62. The number of ether oxygens (including phenoxy) is 1. The molecule has 2 rings (SSSR count). The quantitative estimate of drug-likeness (QED) is 0.583. The molecule has 0 aromatic heterocycles. The Morgan fingerprint density at radius 2 is 2.00 bits per heavy atom. The minimum atomic E-state index is -4.94. The highest BCUT2D eigenvalue weighted by Crippen LogP contribution is 2.53. The van der Waals surface area contributed by atoms with E-state index >= 15 is 0 Å². The van der Waals surface area contributed by atoms with E-state index in [1.165, 1.54) is 0 Å². The number of hydrogen-bond acceptors (Lipinski definition) is 2. The van der Waals surface area contributed by atoms with E-state index in [0.29, 0.717) is 19.3 Å². The van der Waals surface area contributed by atoms with Crippen molar-refractivity contribution in [2.45, 2.75) is 51.3 Å². The van der Waals surface area contributed by atoms with Crippen LogP contribution in [0.5, 0.6) is 0 Å².